The molecule has 0 saturated heterocycles. The Hall–Kier alpha value is -2.01. The number of carbonyl (C=O) groups is 2. The molecule has 104 valence electrons. The van der Waals surface area contributed by atoms with Gasteiger partial charge in [-0.25, -0.2) is 4.98 Å². The van der Waals surface area contributed by atoms with Crippen molar-refractivity contribution in [3.8, 4) is 0 Å². The van der Waals surface area contributed by atoms with Crippen LogP contribution in [0.2, 0.25) is 0 Å². The third kappa shape index (κ3) is 3.30. The highest BCUT2D eigenvalue weighted by Crippen LogP contribution is 2.23. The Morgan fingerprint density at radius 3 is 2.55 bits per heavy atom. The fourth-order valence-corrected chi connectivity index (χ4v) is 2.70. The van der Waals surface area contributed by atoms with E-state index in [1.807, 2.05) is 37.3 Å². The molecule has 2 rings (SSSR count). The number of Topliss-reactive ketones (excluding diaryl/α,β-unsaturated/α-hetero) is 1. The van der Waals surface area contributed by atoms with Crippen LogP contribution in [0.5, 0.6) is 0 Å². The molecule has 5 heteroatoms. The zero-order chi connectivity index (χ0) is 14.5. The van der Waals surface area contributed by atoms with E-state index in [2.05, 4.69) is 10.3 Å². The molecule has 0 spiro atoms. The average molecular weight is 288 g/mol. The van der Waals surface area contributed by atoms with Gasteiger partial charge in [0.25, 0.3) is 0 Å². The summed E-state index contributed by atoms with van der Waals surface area (Å²) >= 11 is 1.27. The molecule has 1 aromatic heterocycles. The molecule has 4 nitrogen and oxygen atoms in total. The van der Waals surface area contributed by atoms with Gasteiger partial charge >= 0.3 is 0 Å². The van der Waals surface area contributed by atoms with Gasteiger partial charge in [-0.2, -0.15) is 0 Å². The number of aromatic nitrogens is 1. The van der Waals surface area contributed by atoms with Gasteiger partial charge in [0.1, 0.15) is 5.69 Å². The van der Waals surface area contributed by atoms with Gasteiger partial charge < -0.3 is 5.32 Å². The van der Waals surface area contributed by atoms with Crippen LogP contribution in [0.4, 0.5) is 5.13 Å². The summed E-state index contributed by atoms with van der Waals surface area (Å²) in [7, 11) is 0. The Morgan fingerprint density at radius 2 is 2.00 bits per heavy atom. The van der Waals surface area contributed by atoms with Gasteiger partial charge in [0.15, 0.2) is 10.9 Å². The Bertz CT molecular complexity index is 607. The second-order valence-corrected chi connectivity index (χ2v) is 5.31. The van der Waals surface area contributed by atoms with Gasteiger partial charge in [-0.05, 0) is 12.0 Å². The summed E-state index contributed by atoms with van der Waals surface area (Å²) in [6, 6.07) is 9.65. The van der Waals surface area contributed by atoms with Gasteiger partial charge in [-0.15, -0.1) is 11.3 Å². The lowest BCUT2D eigenvalue weighted by Gasteiger charge is -2.13. The molecule has 0 aliphatic rings. The molecule has 2 aromatic rings. The molecule has 0 aliphatic carbocycles. The van der Waals surface area contributed by atoms with Crippen LogP contribution >= 0.6 is 11.3 Å². The van der Waals surface area contributed by atoms with Gasteiger partial charge in [-0.3, -0.25) is 9.59 Å². The lowest BCUT2D eigenvalue weighted by Crippen LogP contribution is -2.20. The maximum Gasteiger partial charge on any atom is 0.233 e. The zero-order valence-corrected chi connectivity index (χ0v) is 12.2. The van der Waals surface area contributed by atoms with Gasteiger partial charge in [-0.1, -0.05) is 37.3 Å². The normalized spacial score (nSPS) is 11.9. The van der Waals surface area contributed by atoms with E-state index < -0.39 is 0 Å². The van der Waals surface area contributed by atoms with Crippen molar-refractivity contribution in [3.05, 3.63) is 47.0 Å². The predicted molar refractivity (Wildman–Crippen MR) is 80.2 cm³/mol. The molecule has 0 bridgehead atoms. The Kier molecular flexibility index (Phi) is 4.63. The standard InChI is InChI=1S/C15H16N2O2S/c1-3-12(11-7-5-4-6-8-11)14(19)17-15-16-13(9-20-15)10(2)18/h4-9,12H,3H2,1-2H3,(H,16,17,19)/t12-/m1/s1. The highest BCUT2D eigenvalue weighted by atomic mass is 32.1. The maximum absolute atomic E-state index is 12.3. The number of ketones is 1. The van der Waals surface area contributed by atoms with E-state index in [9.17, 15) is 9.59 Å². The number of hydrogen-bond donors (Lipinski definition) is 1. The second kappa shape index (κ2) is 6.43. The van der Waals surface area contributed by atoms with E-state index in [0.29, 0.717) is 17.2 Å². The van der Waals surface area contributed by atoms with E-state index in [1.165, 1.54) is 18.3 Å². The molecule has 20 heavy (non-hydrogen) atoms. The molecule has 1 N–H and O–H groups in total. The minimum absolute atomic E-state index is 0.0943. The van der Waals surface area contributed by atoms with Crippen LogP contribution in [0.15, 0.2) is 35.7 Å². The summed E-state index contributed by atoms with van der Waals surface area (Å²) in [6.07, 6.45) is 0.709. The summed E-state index contributed by atoms with van der Waals surface area (Å²) < 4.78 is 0. The average Bonchev–Trinajstić information content (AvgIpc) is 2.89. The summed E-state index contributed by atoms with van der Waals surface area (Å²) in [5.41, 5.74) is 1.37. The summed E-state index contributed by atoms with van der Waals surface area (Å²) in [5, 5.41) is 4.90. The molecule has 0 unspecified atom stereocenters. The molecule has 0 saturated carbocycles. The predicted octanol–water partition coefficient (Wildman–Crippen LogP) is 3.48. The van der Waals surface area contributed by atoms with Gasteiger partial charge in [0.05, 0.1) is 5.92 Å². The first kappa shape index (κ1) is 14.4. The lowest BCUT2D eigenvalue weighted by molar-refractivity contribution is -0.117. The number of rotatable bonds is 5. The molecule has 1 atom stereocenters. The van der Waals surface area contributed by atoms with Crippen LogP contribution in [-0.2, 0) is 4.79 Å². The van der Waals surface area contributed by atoms with Crippen molar-refractivity contribution in [1.29, 1.82) is 0 Å². The summed E-state index contributed by atoms with van der Waals surface area (Å²) in [5.74, 6) is -0.402. The second-order valence-electron chi connectivity index (χ2n) is 4.45. The van der Waals surface area contributed by atoms with Crippen LogP contribution in [0.1, 0.15) is 42.2 Å². The van der Waals surface area contributed by atoms with Gasteiger partial charge in [0.2, 0.25) is 5.91 Å². The largest absolute Gasteiger partial charge is 0.301 e. The monoisotopic (exact) mass is 288 g/mol. The molecular formula is C15H16N2O2S. The fraction of sp³-hybridized carbons (Fsp3) is 0.267. The van der Waals surface area contributed by atoms with Crippen LogP contribution in [0.25, 0.3) is 0 Å². The number of anilines is 1. The van der Waals surface area contributed by atoms with Crippen molar-refractivity contribution in [1.82, 2.24) is 4.98 Å². The van der Waals surface area contributed by atoms with E-state index in [0.717, 1.165) is 5.56 Å². The maximum atomic E-state index is 12.3. The van der Waals surface area contributed by atoms with Crippen LogP contribution < -0.4 is 5.32 Å². The van der Waals surface area contributed by atoms with Crippen LogP contribution in [0, 0.1) is 0 Å². The summed E-state index contributed by atoms with van der Waals surface area (Å²) in [4.78, 5) is 27.6. The smallest absolute Gasteiger partial charge is 0.233 e. The first-order chi connectivity index (χ1) is 9.61. The van der Waals surface area contributed by atoms with E-state index >= 15 is 0 Å². The number of nitrogens with zero attached hydrogens (tertiary/aromatic N) is 1. The summed E-state index contributed by atoms with van der Waals surface area (Å²) in [6.45, 7) is 3.43. The fourth-order valence-electron chi connectivity index (χ4n) is 1.94. The van der Waals surface area contributed by atoms with Crippen molar-refractivity contribution >= 4 is 28.2 Å². The molecular weight excluding hydrogens is 272 g/mol. The molecule has 0 fully saturated rings. The minimum atomic E-state index is -0.208. The zero-order valence-electron chi connectivity index (χ0n) is 11.4. The van der Waals surface area contributed by atoms with Gasteiger partial charge in [0, 0.05) is 12.3 Å². The van der Waals surface area contributed by atoms with Crippen molar-refractivity contribution in [3.63, 3.8) is 0 Å². The Balaban J connectivity index is 2.11. The van der Waals surface area contributed by atoms with Crippen molar-refractivity contribution in [2.75, 3.05) is 5.32 Å². The van der Waals surface area contributed by atoms with E-state index in [4.69, 9.17) is 0 Å². The highest BCUT2D eigenvalue weighted by molar-refractivity contribution is 7.14. The van der Waals surface area contributed by atoms with Crippen LogP contribution in [-0.4, -0.2) is 16.7 Å². The number of thiazole rings is 1. The molecule has 1 heterocycles. The topological polar surface area (TPSA) is 59.1 Å². The van der Waals surface area contributed by atoms with Crippen LogP contribution in [0.3, 0.4) is 0 Å². The Labute approximate surface area is 121 Å². The van der Waals surface area contributed by atoms with Crippen molar-refractivity contribution in [2.45, 2.75) is 26.2 Å². The first-order valence-corrected chi connectivity index (χ1v) is 7.32. The quantitative estimate of drug-likeness (QED) is 0.857. The molecule has 1 aromatic carbocycles. The lowest BCUT2D eigenvalue weighted by atomic mass is 9.96. The first-order valence-electron chi connectivity index (χ1n) is 6.44. The molecule has 1 amide bonds. The minimum Gasteiger partial charge on any atom is -0.301 e. The Morgan fingerprint density at radius 1 is 1.30 bits per heavy atom. The van der Waals surface area contributed by atoms with E-state index in [1.54, 1.807) is 5.38 Å². The molecule has 0 radical (unpaired) electrons. The molecule has 0 aliphatic heterocycles. The van der Waals surface area contributed by atoms with Crippen molar-refractivity contribution < 1.29 is 9.59 Å². The van der Waals surface area contributed by atoms with E-state index in [-0.39, 0.29) is 17.6 Å². The SMILES string of the molecule is CC[C@@H](C(=O)Nc1nc(C(C)=O)cs1)c1ccccc1. The number of hydrogen-bond acceptors (Lipinski definition) is 4. The highest BCUT2D eigenvalue weighted by Gasteiger charge is 2.19. The third-order valence-corrected chi connectivity index (χ3v) is 3.78. The number of amides is 1. The number of nitrogens with one attached hydrogen (secondary N) is 1. The number of carbonyl (C=O) groups excluding carboxylic acids is 2. The number of benzene rings is 1. The van der Waals surface area contributed by atoms with Crippen molar-refractivity contribution in [2.24, 2.45) is 0 Å². The third-order valence-electron chi connectivity index (χ3n) is 3.02.